The van der Waals surface area contributed by atoms with Gasteiger partial charge in [0, 0.05) is 31.9 Å². The number of nitrogens with one attached hydrogen (secondary N) is 1. The minimum absolute atomic E-state index is 0.144. The third kappa shape index (κ3) is 4.16. The molecule has 1 unspecified atom stereocenters. The Kier molecular flexibility index (Phi) is 5.11. The molecule has 1 aromatic heterocycles. The van der Waals surface area contributed by atoms with Crippen LogP contribution in [0.4, 0.5) is 0 Å². The summed E-state index contributed by atoms with van der Waals surface area (Å²) in [6, 6.07) is 0.296. The summed E-state index contributed by atoms with van der Waals surface area (Å²) in [6.07, 6.45) is 3.33. The van der Waals surface area contributed by atoms with E-state index in [0.717, 1.165) is 0 Å². The smallest absolute Gasteiger partial charge is 0.271 e. The van der Waals surface area contributed by atoms with Crippen molar-refractivity contribution in [3.63, 3.8) is 0 Å². The molecule has 17 heavy (non-hydrogen) atoms. The van der Waals surface area contributed by atoms with Crippen molar-refractivity contribution in [1.82, 2.24) is 19.8 Å². The summed E-state index contributed by atoms with van der Waals surface area (Å²) < 4.78 is 1.81. The normalized spacial score (nSPS) is 12.8. The van der Waals surface area contributed by atoms with Crippen LogP contribution in [0.25, 0.3) is 0 Å². The largest absolute Gasteiger partial charge is 0.349 e. The molecule has 0 spiro atoms. The number of hydrogen-bond acceptors (Lipinski definition) is 4. The fraction of sp³-hybridized carbons (Fsp3) is 0.636. The van der Waals surface area contributed by atoms with Gasteiger partial charge in [-0.25, -0.2) is 4.98 Å². The number of nitrogens with two attached hydrogens (primary N) is 1. The number of amides is 1. The van der Waals surface area contributed by atoms with Crippen LogP contribution >= 0.6 is 0 Å². The molecular formula is C11H21N5O. The molecule has 0 radical (unpaired) electrons. The van der Waals surface area contributed by atoms with E-state index >= 15 is 0 Å². The molecule has 1 rings (SSSR count). The van der Waals surface area contributed by atoms with Crippen LogP contribution in [0, 0.1) is 0 Å². The number of aromatic nitrogens is 2. The highest BCUT2D eigenvalue weighted by Crippen LogP contribution is 1.96. The first-order chi connectivity index (χ1) is 8.04. The van der Waals surface area contributed by atoms with Gasteiger partial charge >= 0.3 is 0 Å². The second-order valence-corrected chi connectivity index (χ2v) is 4.31. The standard InChI is InChI=1S/C11H21N5O/c1-9(15(2)3)6-13-11(17)10-7-16(5-4-12)8-14-10/h7-9H,4-6,12H2,1-3H3,(H,13,17). The van der Waals surface area contributed by atoms with Crippen LogP contribution in [-0.2, 0) is 6.54 Å². The third-order valence-corrected chi connectivity index (χ3v) is 2.69. The first kappa shape index (κ1) is 13.7. The van der Waals surface area contributed by atoms with E-state index in [1.54, 1.807) is 12.5 Å². The molecule has 0 saturated heterocycles. The fourth-order valence-corrected chi connectivity index (χ4v) is 1.26. The molecule has 0 aliphatic heterocycles. The highest BCUT2D eigenvalue weighted by Gasteiger charge is 2.11. The maximum absolute atomic E-state index is 11.8. The zero-order valence-corrected chi connectivity index (χ0v) is 10.7. The van der Waals surface area contributed by atoms with Crippen LogP contribution in [0.1, 0.15) is 17.4 Å². The lowest BCUT2D eigenvalue weighted by Gasteiger charge is -2.19. The molecule has 0 aromatic carbocycles. The molecule has 96 valence electrons. The molecule has 1 amide bonds. The monoisotopic (exact) mass is 239 g/mol. The molecule has 0 saturated carbocycles. The maximum atomic E-state index is 11.8. The van der Waals surface area contributed by atoms with Gasteiger partial charge in [-0.3, -0.25) is 4.79 Å². The molecule has 0 aliphatic carbocycles. The Morgan fingerprint density at radius 1 is 1.65 bits per heavy atom. The van der Waals surface area contributed by atoms with E-state index in [2.05, 4.69) is 10.3 Å². The van der Waals surface area contributed by atoms with Crippen molar-refractivity contribution in [3.05, 3.63) is 18.2 Å². The summed E-state index contributed by atoms with van der Waals surface area (Å²) in [6.45, 7) is 3.87. The number of likely N-dealkylation sites (N-methyl/N-ethyl adjacent to an activating group) is 1. The lowest BCUT2D eigenvalue weighted by Crippen LogP contribution is -2.38. The summed E-state index contributed by atoms with van der Waals surface area (Å²) >= 11 is 0. The molecule has 0 aliphatic rings. The zero-order chi connectivity index (χ0) is 12.8. The Bertz CT molecular complexity index is 360. The van der Waals surface area contributed by atoms with Crippen molar-refractivity contribution in [2.24, 2.45) is 5.73 Å². The number of hydrogen-bond donors (Lipinski definition) is 2. The first-order valence-corrected chi connectivity index (χ1v) is 5.71. The van der Waals surface area contributed by atoms with E-state index in [0.29, 0.717) is 31.4 Å². The predicted molar refractivity (Wildman–Crippen MR) is 66.8 cm³/mol. The second kappa shape index (κ2) is 6.36. The minimum atomic E-state index is -0.144. The maximum Gasteiger partial charge on any atom is 0.271 e. The quantitative estimate of drug-likeness (QED) is 0.703. The van der Waals surface area contributed by atoms with Crippen molar-refractivity contribution >= 4 is 5.91 Å². The van der Waals surface area contributed by atoms with E-state index < -0.39 is 0 Å². The van der Waals surface area contributed by atoms with E-state index in [4.69, 9.17) is 5.73 Å². The van der Waals surface area contributed by atoms with Crippen LogP contribution < -0.4 is 11.1 Å². The topological polar surface area (TPSA) is 76.2 Å². The molecule has 1 atom stereocenters. The van der Waals surface area contributed by atoms with Gasteiger partial charge in [0.05, 0.1) is 6.33 Å². The summed E-state index contributed by atoms with van der Waals surface area (Å²) in [5.74, 6) is -0.144. The average Bonchev–Trinajstić information content (AvgIpc) is 2.74. The number of rotatable bonds is 6. The summed E-state index contributed by atoms with van der Waals surface area (Å²) in [5.41, 5.74) is 5.86. The van der Waals surface area contributed by atoms with Gasteiger partial charge < -0.3 is 20.5 Å². The van der Waals surface area contributed by atoms with Crippen LogP contribution in [-0.4, -0.2) is 53.6 Å². The number of carbonyl (C=O) groups excluding carboxylic acids is 1. The van der Waals surface area contributed by atoms with Gasteiger partial charge in [-0.1, -0.05) is 0 Å². The summed E-state index contributed by atoms with van der Waals surface area (Å²) in [4.78, 5) is 17.8. The van der Waals surface area contributed by atoms with Gasteiger partial charge in [0.15, 0.2) is 0 Å². The molecule has 1 heterocycles. The fourth-order valence-electron chi connectivity index (χ4n) is 1.26. The minimum Gasteiger partial charge on any atom is -0.349 e. The highest BCUT2D eigenvalue weighted by molar-refractivity contribution is 5.92. The van der Waals surface area contributed by atoms with Crippen LogP contribution in [0.15, 0.2) is 12.5 Å². The van der Waals surface area contributed by atoms with Crippen molar-refractivity contribution < 1.29 is 4.79 Å². The summed E-state index contributed by atoms with van der Waals surface area (Å²) in [7, 11) is 3.96. The molecular weight excluding hydrogens is 218 g/mol. The van der Waals surface area contributed by atoms with E-state index in [1.165, 1.54) is 0 Å². The molecule has 3 N–H and O–H groups in total. The Balaban J connectivity index is 2.46. The second-order valence-electron chi connectivity index (χ2n) is 4.31. The van der Waals surface area contributed by atoms with Gasteiger partial charge in [0.1, 0.15) is 5.69 Å². The van der Waals surface area contributed by atoms with E-state index in [9.17, 15) is 4.79 Å². The number of nitrogens with zero attached hydrogens (tertiary/aromatic N) is 3. The third-order valence-electron chi connectivity index (χ3n) is 2.69. The van der Waals surface area contributed by atoms with E-state index in [-0.39, 0.29) is 5.91 Å². The average molecular weight is 239 g/mol. The SMILES string of the molecule is CC(CNC(=O)c1cn(CCN)cn1)N(C)C. The lowest BCUT2D eigenvalue weighted by molar-refractivity contribution is 0.0939. The molecule has 0 fully saturated rings. The zero-order valence-electron chi connectivity index (χ0n) is 10.7. The molecule has 0 bridgehead atoms. The number of imidazole rings is 1. The van der Waals surface area contributed by atoms with Gasteiger partial charge in [-0.05, 0) is 21.0 Å². The van der Waals surface area contributed by atoms with Gasteiger partial charge in [-0.15, -0.1) is 0 Å². The molecule has 6 nitrogen and oxygen atoms in total. The van der Waals surface area contributed by atoms with Crippen molar-refractivity contribution in [2.75, 3.05) is 27.2 Å². The van der Waals surface area contributed by atoms with Crippen molar-refractivity contribution in [1.29, 1.82) is 0 Å². The van der Waals surface area contributed by atoms with Crippen LogP contribution in [0.2, 0.25) is 0 Å². The lowest BCUT2D eigenvalue weighted by atomic mass is 10.3. The first-order valence-electron chi connectivity index (χ1n) is 5.71. The predicted octanol–water partition coefficient (Wildman–Crippen LogP) is -0.478. The Morgan fingerprint density at radius 2 is 2.35 bits per heavy atom. The van der Waals surface area contributed by atoms with Gasteiger partial charge in [-0.2, -0.15) is 0 Å². The number of carbonyl (C=O) groups is 1. The van der Waals surface area contributed by atoms with Gasteiger partial charge in [0.2, 0.25) is 0 Å². The summed E-state index contributed by atoms with van der Waals surface area (Å²) in [5, 5.41) is 2.85. The van der Waals surface area contributed by atoms with Crippen molar-refractivity contribution in [3.8, 4) is 0 Å². The van der Waals surface area contributed by atoms with Crippen molar-refractivity contribution in [2.45, 2.75) is 19.5 Å². The molecule has 6 heteroatoms. The van der Waals surface area contributed by atoms with E-state index in [1.807, 2.05) is 30.5 Å². The van der Waals surface area contributed by atoms with Gasteiger partial charge in [0.25, 0.3) is 5.91 Å². The van der Waals surface area contributed by atoms with Crippen LogP contribution in [0.3, 0.4) is 0 Å². The van der Waals surface area contributed by atoms with Crippen LogP contribution in [0.5, 0.6) is 0 Å². The highest BCUT2D eigenvalue weighted by atomic mass is 16.1. The Hall–Kier alpha value is -1.40. The Morgan fingerprint density at radius 3 is 2.94 bits per heavy atom. The Labute approximate surface area is 102 Å². The molecule has 1 aromatic rings.